The van der Waals surface area contributed by atoms with E-state index in [0.717, 1.165) is 0 Å². The Kier molecular flexibility index (Phi) is 10.8. The maximum Gasteiger partial charge on any atom is 0.408 e. The Morgan fingerprint density at radius 1 is 1.03 bits per heavy atom. The van der Waals surface area contributed by atoms with Crippen LogP contribution in [-0.2, 0) is 23.9 Å². The van der Waals surface area contributed by atoms with Crippen molar-refractivity contribution in [3.8, 4) is 5.75 Å². The number of hydrogen-bond acceptors (Lipinski definition) is 7. The van der Waals surface area contributed by atoms with Gasteiger partial charge in [-0.05, 0) is 59.9 Å². The number of phenolic OH excluding ortho intramolecular Hbond substituents is 1. The zero-order valence-corrected chi connectivity index (χ0v) is 22.8. The van der Waals surface area contributed by atoms with Gasteiger partial charge < -0.3 is 30.1 Å². The molecule has 0 spiro atoms. The Morgan fingerprint density at radius 2 is 1.61 bits per heavy atom. The van der Waals surface area contributed by atoms with Gasteiger partial charge in [0, 0.05) is 11.1 Å². The van der Waals surface area contributed by atoms with E-state index in [1.54, 1.807) is 53.7 Å². The lowest BCUT2D eigenvalue weighted by molar-refractivity contribution is -0.149. The van der Waals surface area contributed by atoms with E-state index >= 15 is 0 Å². The van der Waals surface area contributed by atoms with E-state index in [1.165, 1.54) is 24.1 Å². The van der Waals surface area contributed by atoms with Crippen molar-refractivity contribution in [3.05, 3.63) is 29.8 Å². The summed E-state index contributed by atoms with van der Waals surface area (Å²) in [6, 6.07) is 3.84. The number of phenols is 1. The fourth-order valence-electron chi connectivity index (χ4n) is 3.60. The molecule has 0 heterocycles. The van der Waals surface area contributed by atoms with Crippen LogP contribution in [0.3, 0.4) is 0 Å². The number of methoxy groups -OCH3 is 1. The normalized spacial score (nSPS) is 13.4. The van der Waals surface area contributed by atoms with Gasteiger partial charge in [0.05, 0.1) is 7.11 Å². The molecule has 1 aromatic rings. The van der Waals surface area contributed by atoms with Gasteiger partial charge in [-0.15, -0.1) is 0 Å². The van der Waals surface area contributed by atoms with Crippen LogP contribution in [0.5, 0.6) is 5.75 Å². The molecule has 0 aromatic heterocycles. The summed E-state index contributed by atoms with van der Waals surface area (Å²) in [6.45, 7) is 13.8. The smallest absolute Gasteiger partial charge is 0.408 e. The van der Waals surface area contributed by atoms with E-state index in [1.807, 2.05) is 13.8 Å². The van der Waals surface area contributed by atoms with E-state index in [4.69, 9.17) is 4.74 Å². The summed E-state index contributed by atoms with van der Waals surface area (Å²) in [6.07, 6.45) is -0.480. The maximum atomic E-state index is 14.1. The predicted octanol–water partition coefficient (Wildman–Crippen LogP) is 3.29. The molecule has 36 heavy (non-hydrogen) atoms. The van der Waals surface area contributed by atoms with Gasteiger partial charge in [0.1, 0.15) is 30.0 Å². The molecule has 3 amide bonds. The quantitative estimate of drug-likeness (QED) is 0.437. The summed E-state index contributed by atoms with van der Waals surface area (Å²) in [7, 11) is 1.19. The van der Waals surface area contributed by atoms with Crippen molar-refractivity contribution < 1.29 is 33.8 Å². The van der Waals surface area contributed by atoms with Crippen molar-refractivity contribution in [2.75, 3.05) is 13.7 Å². The summed E-state index contributed by atoms with van der Waals surface area (Å²) < 4.78 is 9.97. The highest BCUT2D eigenvalue weighted by molar-refractivity contribution is 5.94. The number of para-hydroxylation sites is 1. The largest absolute Gasteiger partial charge is 0.508 e. The van der Waals surface area contributed by atoms with Crippen molar-refractivity contribution in [2.24, 2.45) is 5.92 Å². The number of rotatable bonds is 9. The Bertz CT molecular complexity index is 932. The molecule has 202 valence electrons. The molecular weight excluding hydrogens is 466 g/mol. The molecule has 0 radical (unpaired) electrons. The van der Waals surface area contributed by atoms with Crippen molar-refractivity contribution in [3.63, 3.8) is 0 Å². The van der Waals surface area contributed by atoms with Gasteiger partial charge in [0.25, 0.3) is 0 Å². The first kappa shape index (κ1) is 30.7. The second-order valence-electron chi connectivity index (χ2n) is 11.0. The van der Waals surface area contributed by atoms with Crippen LogP contribution in [0.1, 0.15) is 73.4 Å². The first-order valence-corrected chi connectivity index (χ1v) is 11.9. The third-order valence-electron chi connectivity index (χ3n) is 5.03. The summed E-state index contributed by atoms with van der Waals surface area (Å²) >= 11 is 0. The second-order valence-corrected chi connectivity index (χ2v) is 11.0. The van der Waals surface area contributed by atoms with Gasteiger partial charge in [-0.25, -0.2) is 4.79 Å². The molecule has 3 N–H and O–H groups in total. The van der Waals surface area contributed by atoms with Gasteiger partial charge in [0.2, 0.25) is 11.8 Å². The van der Waals surface area contributed by atoms with Crippen LogP contribution in [0.2, 0.25) is 0 Å². The molecule has 0 saturated carbocycles. The van der Waals surface area contributed by atoms with Crippen LogP contribution in [-0.4, -0.2) is 64.7 Å². The lowest BCUT2D eigenvalue weighted by Gasteiger charge is -2.43. The molecule has 0 saturated heterocycles. The lowest BCUT2D eigenvalue weighted by atomic mass is 9.93. The Labute approximate surface area is 213 Å². The molecular formula is C26H41N3O7. The molecule has 10 heteroatoms. The Morgan fingerprint density at radius 3 is 2.08 bits per heavy atom. The minimum absolute atomic E-state index is 0.0208. The van der Waals surface area contributed by atoms with Crippen molar-refractivity contribution in [1.82, 2.24) is 15.5 Å². The molecule has 2 unspecified atom stereocenters. The second kappa shape index (κ2) is 12.6. The highest BCUT2D eigenvalue weighted by Crippen LogP contribution is 2.34. The van der Waals surface area contributed by atoms with E-state index < -0.39 is 53.6 Å². The van der Waals surface area contributed by atoms with Crippen molar-refractivity contribution in [2.45, 2.75) is 85.0 Å². The first-order chi connectivity index (χ1) is 16.5. The number of esters is 1. The number of carbonyl (C=O) groups excluding carboxylic acids is 4. The SMILES string of the molecule is COC(=O)CNC(=O)C(c1ccccc1O)N(C(=O)C(CC(C)C)NC(=O)OC(C)(C)C)C(C)(C)C. The minimum Gasteiger partial charge on any atom is -0.508 e. The predicted molar refractivity (Wildman–Crippen MR) is 135 cm³/mol. The molecule has 1 aromatic carbocycles. The monoisotopic (exact) mass is 507 g/mol. The number of alkyl carbamates (subject to hydrolysis) is 1. The molecule has 2 atom stereocenters. The van der Waals surface area contributed by atoms with E-state index in [9.17, 15) is 24.3 Å². The van der Waals surface area contributed by atoms with E-state index in [2.05, 4.69) is 15.4 Å². The highest BCUT2D eigenvalue weighted by Gasteiger charge is 2.43. The number of hydrogen-bond donors (Lipinski definition) is 3. The van der Waals surface area contributed by atoms with Gasteiger partial charge in [-0.3, -0.25) is 14.4 Å². The fraction of sp³-hybridized carbons (Fsp3) is 0.615. The van der Waals surface area contributed by atoms with Crippen LogP contribution in [0.25, 0.3) is 0 Å². The average Bonchev–Trinajstić information content (AvgIpc) is 2.72. The van der Waals surface area contributed by atoms with Gasteiger partial charge in [-0.1, -0.05) is 32.0 Å². The van der Waals surface area contributed by atoms with Crippen LogP contribution < -0.4 is 10.6 Å². The molecule has 0 aliphatic rings. The van der Waals surface area contributed by atoms with Gasteiger partial charge >= 0.3 is 12.1 Å². The van der Waals surface area contributed by atoms with Crippen molar-refractivity contribution in [1.29, 1.82) is 0 Å². The van der Waals surface area contributed by atoms with Crippen molar-refractivity contribution >= 4 is 23.9 Å². The van der Waals surface area contributed by atoms with Crippen LogP contribution in [0.15, 0.2) is 24.3 Å². The Balaban J connectivity index is 3.57. The van der Waals surface area contributed by atoms with Crippen LogP contribution >= 0.6 is 0 Å². The van der Waals surface area contributed by atoms with E-state index in [-0.39, 0.29) is 23.7 Å². The van der Waals surface area contributed by atoms with Crippen LogP contribution in [0.4, 0.5) is 4.79 Å². The standard InChI is InChI=1S/C26H41N3O7/c1-16(2)14-18(28-24(34)36-26(6,7)8)23(33)29(25(3,4)5)21(17-12-10-11-13-19(17)30)22(32)27-15-20(31)35-9/h10-13,16,18,21,30H,14-15H2,1-9H3,(H,27,32)(H,28,34). The number of amides is 3. The number of ether oxygens (including phenoxy) is 2. The van der Waals surface area contributed by atoms with Gasteiger partial charge in [-0.2, -0.15) is 0 Å². The first-order valence-electron chi connectivity index (χ1n) is 11.9. The fourth-order valence-corrected chi connectivity index (χ4v) is 3.60. The maximum absolute atomic E-state index is 14.1. The van der Waals surface area contributed by atoms with Crippen LogP contribution in [0, 0.1) is 5.92 Å². The average molecular weight is 508 g/mol. The summed E-state index contributed by atoms with van der Waals surface area (Å²) in [5.74, 6) is -2.07. The lowest BCUT2D eigenvalue weighted by Crippen LogP contribution is -2.59. The highest BCUT2D eigenvalue weighted by atomic mass is 16.6. The topological polar surface area (TPSA) is 134 Å². The van der Waals surface area contributed by atoms with E-state index in [0.29, 0.717) is 0 Å². The molecule has 10 nitrogen and oxygen atoms in total. The Hall–Kier alpha value is -3.30. The van der Waals surface area contributed by atoms with Gasteiger partial charge in [0.15, 0.2) is 0 Å². The molecule has 0 fully saturated rings. The third kappa shape index (κ3) is 9.39. The number of nitrogens with one attached hydrogen (secondary N) is 2. The number of carbonyl (C=O) groups is 4. The molecule has 0 bridgehead atoms. The minimum atomic E-state index is -1.31. The number of aromatic hydroxyl groups is 1. The zero-order valence-electron chi connectivity index (χ0n) is 22.8. The molecule has 0 aliphatic heterocycles. The zero-order chi connectivity index (χ0) is 27.8. The summed E-state index contributed by atoms with van der Waals surface area (Å²) in [5, 5.41) is 15.8. The number of benzene rings is 1. The number of nitrogens with zero attached hydrogens (tertiary/aromatic N) is 1. The molecule has 0 aliphatic carbocycles. The summed E-state index contributed by atoms with van der Waals surface area (Å²) in [5.41, 5.74) is -1.54. The molecule has 1 rings (SSSR count). The summed E-state index contributed by atoms with van der Waals surface area (Å²) in [4.78, 5) is 53.1. The third-order valence-corrected chi connectivity index (χ3v) is 5.03.